The summed E-state index contributed by atoms with van der Waals surface area (Å²) >= 11 is 0. The highest BCUT2D eigenvalue weighted by Gasteiger charge is 2.39. The number of H-pyrrole nitrogens is 2. The fourth-order valence-electron chi connectivity index (χ4n) is 8.48. The van der Waals surface area contributed by atoms with Crippen molar-refractivity contribution in [3.63, 3.8) is 0 Å². The van der Waals surface area contributed by atoms with Crippen molar-refractivity contribution in [2.24, 2.45) is 5.92 Å². The summed E-state index contributed by atoms with van der Waals surface area (Å²) in [6.07, 6.45) is 4.44. The minimum absolute atomic E-state index is 0.111. The SMILES string of the molecule is C=C1C[C@@H](c2ncc(-c3ccc(-c4ccc5cc(-c6cnc([C@@H]7CCCN7C(=O)[C@@H](NC(=O)OC)C(C)C)[nH]6)ccc5c4)cc3)[nH]2)N(C(=O)C(NC(=O)OC)c2ccccc2)C1. The Labute approximate surface area is 359 Å². The third kappa shape index (κ3) is 8.53. The molecule has 8 rings (SSSR count). The molecule has 6 aromatic rings. The van der Waals surface area contributed by atoms with Crippen LogP contribution in [-0.2, 0) is 19.1 Å². The van der Waals surface area contributed by atoms with Crippen LogP contribution >= 0.6 is 0 Å². The largest absolute Gasteiger partial charge is 0.453 e. The van der Waals surface area contributed by atoms with Crippen LogP contribution in [-0.4, -0.2) is 87.1 Å². The quantitative estimate of drug-likeness (QED) is 0.0944. The molecule has 62 heavy (non-hydrogen) atoms. The molecule has 1 unspecified atom stereocenters. The first kappa shape index (κ1) is 41.5. The summed E-state index contributed by atoms with van der Waals surface area (Å²) in [7, 11) is 2.56. The number of nitrogens with one attached hydrogen (secondary N) is 4. The van der Waals surface area contributed by atoms with Gasteiger partial charge in [-0.15, -0.1) is 0 Å². The maximum Gasteiger partial charge on any atom is 0.407 e. The van der Waals surface area contributed by atoms with E-state index in [-0.39, 0.29) is 29.8 Å². The second-order valence-corrected chi connectivity index (χ2v) is 16.2. The third-order valence-electron chi connectivity index (χ3n) is 11.8. The number of nitrogens with zero attached hydrogens (tertiary/aromatic N) is 4. The number of hydrogen-bond acceptors (Lipinski definition) is 8. The van der Waals surface area contributed by atoms with Crippen molar-refractivity contribution in [1.82, 2.24) is 40.4 Å². The lowest BCUT2D eigenvalue weighted by atomic mass is 9.98. The van der Waals surface area contributed by atoms with Gasteiger partial charge in [-0.25, -0.2) is 19.6 Å². The van der Waals surface area contributed by atoms with Crippen LogP contribution in [0.4, 0.5) is 9.59 Å². The number of hydrogen-bond donors (Lipinski definition) is 4. The Morgan fingerprint density at radius 2 is 1.29 bits per heavy atom. The molecule has 4 amide bonds. The number of likely N-dealkylation sites (tertiary alicyclic amines) is 2. The number of aromatic nitrogens is 4. The van der Waals surface area contributed by atoms with Gasteiger partial charge in [0.05, 0.1) is 50.1 Å². The zero-order chi connectivity index (χ0) is 43.5. The van der Waals surface area contributed by atoms with Crippen molar-refractivity contribution < 1.29 is 28.7 Å². The number of benzene rings is 4. The number of ether oxygens (including phenoxy) is 2. The summed E-state index contributed by atoms with van der Waals surface area (Å²) in [5, 5.41) is 7.57. The number of carbonyl (C=O) groups excluding carboxylic acids is 4. The van der Waals surface area contributed by atoms with Crippen LogP contribution in [0.3, 0.4) is 0 Å². The van der Waals surface area contributed by atoms with Crippen LogP contribution in [0.1, 0.15) is 68.4 Å². The normalized spacial score (nSPS) is 17.3. The fraction of sp³-hybridized carbons (Fsp3) is 0.292. The molecule has 318 valence electrons. The van der Waals surface area contributed by atoms with Gasteiger partial charge in [-0.05, 0) is 70.3 Å². The molecule has 2 aromatic heterocycles. The van der Waals surface area contributed by atoms with E-state index in [9.17, 15) is 19.2 Å². The summed E-state index contributed by atoms with van der Waals surface area (Å²) < 4.78 is 9.61. The Kier molecular flexibility index (Phi) is 11.9. The van der Waals surface area contributed by atoms with E-state index in [1.54, 1.807) is 23.2 Å². The van der Waals surface area contributed by atoms with E-state index < -0.39 is 24.3 Å². The molecule has 4 N–H and O–H groups in total. The van der Waals surface area contributed by atoms with Crippen LogP contribution in [0.25, 0.3) is 44.4 Å². The van der Waals surface area contributed by atoms with Crippen molar-refractivity contribution in [3.8, 4) is 33.6 Å². The standard InChI is InChI=1S/C48H50N8O6/c1-28(2)41(53-47(59)61-4)45(57)55-21-9-12-39(55)43-49-26-38(52-43)36-20-19-34-23-33(17-18-35(34)24-36)30-13-15-31(16-14-30)37-25-50-44(51-37)40-22-29(3)27-56(40)46(58)42(54-48(60)62-5)32-10-7-6-8-11-32/h6-8,10-11,13-20,23-26,28,39-42H,3,9,12,21-22,27H2,1-2,4-5H3,(H,49,52)(H,50,51)(H,53,59)(H,54,60)/t39-,40-,41-,42?/m0/s1. The topological polar surface area (TPSA) is 175 Å². The van der Waals surface area contributed by atoms with Gasteiger partial charge in [0.25, 0.3) is 5.91 Å². The van der Waals surface area contributed by atoms with E-state index in [0.717, 1.165) is 68.7 Å². The van der Waals surface area contributed by atoms with Gasteiger partial charge in [0.1, 0.15) is 23.7 Å². The number of aromatic amines is 2. The summed E-state index contributed by atoms with van der Waals surface area (Å²) in [5.41, 5.74) is 7.29. The maximum atomic E-state index is 14.0. The van der Waals surface area contributed by atoms with Gasteiger partial charge in [-0.2, -0.15) is 0 Å². The zero-order valence-corrected chi connectivity index (χ0v) is 35.2. The molecule has 2 saturated heterocycles. The average Bonchev–Trinajstić information content (AvgIpc) is 4.14. The highest BCUT2D eigenvalue weighted by molar-refractivity contribution is 5.91. The van der Waals surface area contributed by atoms with Gasteiger partial charge >= 0.3 is 12.2 Å². The van der Waals surface area contributed by atoms with Gasteiger partial charge in [-0.1, -0.05) is 105 Å². The van der Waals surface area contributed by atoms with Crippen LogP contribution in [0.15, 0.2) is 116 Å². The van der Waals surface area contributed by atoms with E-state index in [2.05, 4.69) is 87.8 Å². The van der Waals surface area contributed by atoms with Crippen molar-refractivity contribution in [3.05, 3.63) is 133 Å². The van der Waals surface area contributed by atoms with Crippen LogP contribution < -0.4 is 10.6 Å². The number of carbonyl (C=O) groups is 4. The van der Waals surface area contributed by atoms with Gasteiger partial charge in [-0.3, -0.25) is 9.59 Å². The van der Waals surface area contributed by atoms with Crippen LogP contribution in [0.5, 0.6) is 0 Å². The van der Waals surface area contributed by atoms with Gasteiger partial charge < -0.3 is 39.9 Å². The molecule has 0 spiro atoms. The Bertz CT molecular complexity index is 2620. The lowest BCUT2D eigenvalue weighted by Crippen LogP contribution is -2.51. The Balaban J connectivity index is 0.952. The number of alkyl carbamates (subject to hydrolysis) is 2. The third-order valence-corrected chi connectivity index (χ3v) is 11.8. The maximum absolute atomic E-state index is 14.0. The molecule has 4 atom stereocenters. The summed E-state index contributed by atoms with van der Waals surface area (Å²) in [4.78, 5) is 71.8. The van der Waals surface area contributed by atoms with E-state index in [4.69, 9.17) is 19.4 Å². The Morgan fingerprint density at radius 1 is 0.710 bits per heavy atom. The number of methoxy groups -OCH3 is 2. The van der Waals surface area contributed by atoms with E-state index in [0.29, 0.717) is 30.9 Å². The van der Waals surface area contributed by atoms with Crippen molar-refractivity contribution >= 4 is 34.8 Å². The van der Waals surface area contributed by atoms with Gasteiger partial charge in [0, 0.05) is 18.7 Å². The number of rotatable bonds is 11. The lowest BCUT2D eigenvalue weighted by molar-refractivity contribution is -0.135. The Hall–Kier alpha value is -7.22. The highest BCUT2D eigenvalue weighted by atomic mass is 16.5. The molecule has 4 aromatic carbocycles. The number of imidazole rings is 2. The van der Waals surface area contributed by atoms with E-state index >= 15 is 0 Å². The van der Waals surface area contributed by atoms with E-state index in [1.165, 1.54) is 14.2 Å². The number of fused-ring (bicyclic) bond motifs is 1. The zero-order valence-electron chi connectivity index (χ0n) is 35.2. The molecule has 14 nitrogen and oxygen atoms in total. The lowest BCUT2D eigenvalue weighted by Gasteiger charge is -2.30. The summed E-state index contributed by atoms with van der Waals surface area (Å²) in [5.74, 6) is 0.835. The first-order valence-corrected chi connectivity index (χ1v) is 20.8. The summed E-state index contributed by atoms with van der Waals surface area (Å²) in [6.45, 7) is 8.92. The smallest absolute Gasteiger partial charge is 0.407 e. The molecule has 14 heteroatoms. The molecular weight excluding hydrogens is 785 g/mol. The minimum atomic E-state index is -0.933. The monoisotopic (exact) mass is 834 g/mol. The molecule has 2 fully saturated rings. The predicted octanol–water partition coefficient (Wildman–Crippen LogP) is 8.26. The van der Waals surface area contributed by atoms with Gasteiger partial charge in [0.2, 0.25) is 5.91 Å². The molecular formula is C48H50N8O6. The first-order valence-electron chi connectivity index (χ1n) is 20.8. The number of amides is 4. The molecule has 4 heterocycles. The molecule has 0 radical (unpaired) electrons. The second-order valence-electron chi connectivity index (χ2n) is 16.2. The van der Waals surface area contributed by atoms with Crippen LogP contribution in [0, 0.1) is 5.92 Å². The fourth-order valence-corrected chi connectivity index (χ4v) is 8.48. The minimum Gasteiger partial charge on any atom is -0.453 e. The van der Waals surface area contributed by atoms with Crippen LogP contribution in [0.2, 0.25) is 0 Å². The first-order chi connectivity index (χ1) is 30.0. The molecule has 0 aliphatic carbocycles. The highest BCUT2D eigenvalue weighted by Crippen LogP contribution is 2.37. The molecule has 0 saturated carbocycles. The van der Waals surface area contributed by atoms with Gasteiger partial charge in [0.15, 0.2) is 0 Å². The average molecular weight is 835 g/mol. The second kappa shape index (κ2) is 17.8. The van der Waals surface area contributed by atoms with E-state index in [1.807, 2.05) is 43.1 Å². The molecule has 0 bridgehead atoms. The predicted molar refractivity (Wildman–Crippen MR) is 235 cm³/mol. The van der Waals surface area contributed by atoms with Crippen molar-refractivity contribution in [1.29, 1.82) is 0 Å². The summed E-state index contributed by atoms with van der Waals surface area (Å²) in [6, 6.07) is 27.9. The molecule has 2 aliphatic rings. The molecule has 2 aliphatic heterocycles. The van der Waals surface area contributed by atoms with Crippen molar-refractivity contribution in [2.75, 3.05) is 27.3 Å². The Morgan fingerprint density at radius 3 is 1.95 bits per heavy atom. The van der Waals surface area contributed by atoms with Crippen molar-refractivity contribution in [2.45, 2.75) is 57.3 Å².